The molecule has 2 aliphatic heterocycles. The summed E-state index contributed by atoms with van der Waals surface area (Å²) in [6.07, 6.45) is 1.83. The second-order valence-electron chi connectivity index (χ2n) is 13.3. The minimum atomic E-state index is -1.52. The Hall–Kier alpha value is -5.28. The Morgan fingerprint density at radius 2 is 1.61 bits per heavy atom. The molecule has 4 amide bonds. The number of aromatic hydroxyl groups is 1. The predicted octanol–water partition coefficient (Wildman–Crippen LogP) is 5.84. The van der Waals surface area contributed by atoms with Crippen molar-refractivity contribution in [2.45, 2.75) is 30.6 Å². The number of benzene rings is 4. The normalized spacial score (nSPS) is 27.6. The van der Waals surface area contributed by atoms with Crippen LogP contribution < -0.4 is 4.90 Å². The average molecular weight is 675 g/mol. The van der Waals surface area contributed by atoms with Crippen molar-refractivity contribution in [2.24, 2.45) is 23.7 Å². The van der Waals surface area contributed by atoms with Crippen LogP contribution in [0.3, 0.4) is 0 Å². The molecule has 9 nitrogen and oxygen atoms in total. The molecule has 0 radical (unpaired) electrons. The summed E-state index contributed by atoms with van der Waals surface area (Å²) in [7, 11) is 0. The van der Waals surface area contributed by atoms with Gasteiger partial charge in [0.25, 0.3) is 0 Å². The zero-order valence-corrected chi connectivity index (χ0v) is 26.9. The molecule has 0 unspecified atom stereocenters. The van der Waals surface area contributed by atoms with Crippen LogP contribution in [0.4, 0.5) is 5.69 Å². The van der Waals surface area contributed by atoms with E-state index >= 15 is 4.79 Å². The molecule has 2 N–H and O–H groups in total. The molecular formula is C39H31ClN2O7. The van der Waals surface area contributed by atoms with Crippen LogP contribution in [-0.2, 0) is 29.4 Å². The molecule has 2 saturated heterocycles. The van der Waals surface area contributed by atoms with Crippen LogP contribution in [0, 0.1) is 23.7 Å². The first-order chi connectivity index (χ1) is 23.6. The maximum absolute atomic E-state index is 15.3. The third-order valence-corrected chi connectivity index (χ3v) is 11.3. The second kappa shape index (κ2) is 11.4. The Labute approximate surface area is 286 Å². The van der Waals surface area contributed by atoms with Gasteiger partial charge in [-0.2, -0.15) is 0 Å². The number of phenolic OH excluding ortho intramolecular Hbond substituents is 1. The summed E-state index contributed by atoms with van der Waals surface area (Å²) in [5.41, 5.74) is 0.539. The summed E-state index contributed by atoms with van der Waals surface area (Å²) in [6.45, 7) is -0.242. The molecule has 2 heterocycles. The highest BCUT2D eigenvalue weighted by atomic mass is 35.5. The first kappa shape index (κ1) is 31.0. The average Bonchev–Trinajstić information content (AvgIpc) is 3.48. The quantitative estimate of drug-likeness (QED) is 0.194. The van der Waals surface area contributed by atoms with Gasteiger partial charge in [-0.1, -0.05) is 96.0 Å². The van der Waals surface area contributed by atoms with Gasteiger partial charge in [-0.3, -0.25) is 28.9 Å². The van der Waals surface area contributed by atoms with E-state index in [9.17, 15) is 29.4 Å². The van der Waals surface area contributed by atoms with Crippen LogP contribution in [-0.4, -0.2) is 51.3 Å². The summed E-state index contributed by atoms with van der Waals surface area (Å²) < 4.78 is 0. The van der Waals surface area contributed by atoms with E-state index < -0.39 is 64.6 Å². The number of aliphatic carboxylic acids is 1. The van der Waals surface area contributed by atoms with Gasteiger partial charge in [-0.05, 0) is 47.9 Å². The summed E-state index contributed by atoms with van der Waals surface area (Å²) >= 11 is 6.37. The molecule has 0 bridgehead atoms. The van der Waals surface area contributed by atoms with Crippen molar-refractivity contribution in [3.63, 3.8) is 0 Å². The number of carboxylic acids is 1. The third-order valence-electron chi connectivity index (χ3n) is 11.1. The van der Waals surface area contributed by atoms with Crippen LogP contribution in [0.15, 0.2) is 103 Å². The minimum Gasteiger partial charge on any atom is -0.507 e. The summed E-state index contributed by atoms with van der Waals surface area (Å²) in [4.78, 5) is 71.4. The number of phenols is 1. The van der Waals surface area contributed by atoms with Gasteiger partial charge in [0.15, 0.2) is 0 Å². The fourth-order valence-corrected chi connectivity index (χ4v) is 9.27. The SMILES string of the molecule is O=C(O)CCN1C(=O)[C@H]2[C@H](CC=C3[C@H]2C[C@H]2C(=O)N(c4cccc(Cl)c4)C(=O)[C@@]2(c2ccccc2)[C@H]3c2ccc3ccccc3c2O)C1=O. The number of hydrogen-bond acceptors (Lipinski definition) is 6. The van der Waals surface area contributed by atoms with E-state index in [4.69, 9.17) is 11.6 Å². The lowest BCUT2D eigenvalue weighted by Gasteiger charge is -2.50. The molecular weight excluding hydrogens is 644 g/mol. The van der Waals surface area contributed by atoms with Gasteiger partial charge in [0, 0.05) is 28.4 Å². The number of carbonyl (C=O) groups excluding carboxylic acids is 4. The van der Waals surface area contributed by atoms with Crippen LogP contribution in [0.5, 0.6) is 5.75 Å². The molecule has 6 atom stereocenters. The van der Waals surface area contributed by atoms with Crippen molar-refractivity contribution in [3.05, 3.63) is 119 Å². The highest BCUT2D eigenvalue weighted by Gasteiger charge is 2.70. The fourth-order valence-electron chi connectivity index (χ4n) is 9.09. The van der Waals surface area contributed by atoms with Crippen molar-refractivity contribution in [2.75, 3.05) is 11.4 Å². The molecule has 4 aromatic carbocycles. The largest absolute Gasteiger partial charge is 0.507 e. The highest BCUT2D eigenvalue weighted by Crippen LogP contribution is 2.65. The number of anilines is 1. The number of likely N-dealkylation sites (tertiary alicyclic amines) is 1. The fraction of sp³-hybridized carbons (Fsp3) is 0.256. The number of imide groups is 2. The number of carboxylic acid groups (broad SMARTS) is 1. The Morgan fingerprint density at radius 1 is 0.857 bits per heavy atom. The van der Waals surface area contributed by atoms with E-state index in [1.54, 1.807) is 36.4 Å². The van der Waals surface area contributed by atoms with Gasteiger partial charge in [0.05, 0.1) is 35.3 Å². The van der Waals surface area contributed by atoms with Crippen LogP contribution in [0.25, 0.3) is 10.8 Å². The Kier molecular flexibility index (Phi) is 7.22. The monoisotopic (exact) mass is 674 g/mol. The molecule has 4 aliphatic rings. The van der Waals surface area contributed by atoms with E-state index in [-0.39, 0.29) is 31.6 Å². The standard InChI is InChI=1S/C39H31ClN2O7/c40-23-10-6-11-24(19-23)42-36(47)30-20-29-26(15-16-27-32(29)37(48)41(35(27)46)18-17-31(43)44)33(39(30,38(42)49)22-8-2-1-3-9-22)28-14-13-21-7-4-5-12-25(21)34(28)45/h1-15,19,27,29-30,32-33,45H,16-18,20H2,(H,43,44)/t27-,29+,30-,32-,33+,39+/m0/s1. The first-order valence-corrected chi connectivity index (χ1v) is 16.7. The number of halogens is 1. The second-order valence-corrected chi connectivity index (χ2v) is 13.7. The third kappa shape index (κ3) is 4.41. The van der Waals surface area contributed by atoms with Gasteiger partial charge in [-0.15, -0.1) is 0 Å². The van der Waals surface area contributed by atoms with Gasteiger partial charge >= 0.3 is 5.97 Å². The van der Waals surface area contributed by atoms with Crippen molar-refractivity contribution < 1.29 is 34.2 Å². The van der Waals surface area contributed by atoms with Crippen LogP contribution >= 0.6 is 11.6 Å². The number of fused-ring (bicyclic) bond motifs is 5. The highest BCUT2D eigenvalue weighted by molar-refractivity contribution is 6.32. The van der Waals surface area contributed by atoms with E-state index in [0.29, 0.717) is 32.8 Å². The van der Waals surface area contributed by atoms with E-state index in [1.165, 1.54) is 4.90 Å². The zero-order chi connectivity index (χ0) is 34.2. The van der Waals surface area contributed by atoms with Gasteiger partial charge in [0.2, 0.25) is 23.6 Å². The molecule has 4 aromatic rings. The number of amides is 4. The lowest BCUT2D eigenvalue weighted by Crippen LogP contribution is -2.53. The minimum absolute atomic E-state index is 0.0285. The van der Waals surface area contributed by atoms with E-state index in [2.05, 4.69) is 0 Å². The van der Waals surface area contributed by atoms with Crippen molar-refractivity contribution in [3.8, 4) is 5.75 Å². The molecule has 246 valence electrons. The van der Waals surface area contributed by atoms with Crippen LogP contribution in [0.1, 0.15) is 36.3 Å². The number of rotatable bonds is 6. The Morgan fingerprint density at radius 3 is 2.37 bits per heavy atom. The predicted molar refractivity (Wildman–Crippen MR) is 181 cm³/mol. The topological polar surface area (TPSA) is 132 Å². The molecule has 8 rings (SSSR count). The van der Waals surface area contributed by atoms with Gasteiger partial charge in [0.1, 0.15) is 5.75 Å². The van der Waals surface area contributed by atoms with Crippen molar-refractivity contribution >= 4 is 57.7 Å². The molecule has 3 fully saturated rings. The lowest BCUT2D eigenvalue weighted by atomic mass is 9.49. The Balaban J connectivity index is 1.38. The summed E-state index contributed by atoms with van der Waals surface area (Å²) in [6, 6.07) is 26.7. The maximum atomic E-state index is 15.3. The Bertz CT molecular complexity index is 2130. The van der Waals surface area contributed by atoms with Gasteiger partial charge in [-0.25, -0.2) is 4.90 Å². The number of carbonyl (C=O) groups is 5. The molecule has 0 aromatic heterocycles. The van der Waals surface area contributed by atoms with Crippen molar-refractivity contribution in [1.82, 2.24) is 4.90 Å². The van der Waals surface area contributed by atoms with E-state index in [1.807, 2.05) is 60.7 Å². The maximum Gasteiger partial charge on any atom is 0.305 e. The summed E-state index contributed by atoms with van der Waals surface area (Å²) in [5, 5.41) is 23.1. The number of hydrogen-bond donors (Lipinski definition) is 2. The lowest BCUT2D eigenvalue weighted by molar-refractivity contribution is -0.142. The molecule has 2 aliphatic carbocycles. The summed E-state index contributed by atoms with van der Waals surface area (Å²) in [5.74, 6) is -7.02. The van der Waals surface area contributed by atoms with Gasteiger partial charge < -0.3 is 10.2 Å². The smallest absolute Gasteiger partial charge is 0.305 e. The van der Waals surface area contributed by atoms with Crippen molar-refractivity contribution in [1.29, 1.82) is 0 Å². The molecule has 10 heteroatoms. The number of nitrogens with zero attached hydrogens (tertiary/aromatic N) is 2. The van der Waals surface area contributed by atoms with E-state index in [0.717, 1.165) is 10.3 Å². The molecule has 1 saturated carbocycles. The molecule has 49 heavy (non-hydrogen) atoms. The first-order valence-electron chi connectivity index (χ1n) is 16.3. The zero-order valence-electron chi connectivity index (χ0n) is 26.2. The van der Waals surface area contributed by atoms with Crippen LogP contribution in [0.2, 0.25) is 5.02 Å². The molecule has 0 spiro atoms. The number of allylic oxidation sites excluding steroid dienone is 2.